The zero-order valence-corrected chi connectivity index (χ0v) is 34.8. The number of phenols is 1. The number of piperidine rings is 2. The summed E-state index contributed by atoms with van der Waals surface area (Å²) in [6.45, 7) is 5.31. The smallest absolute Gasteiger partial charge is 0.270 e. The lowest BCUT2D eigenvalue weighted by Crippen LogP contribution is -2.58. The number of pyridine rings is 1. The van der Waals surface area contributed by atoms with Gasteiger partial charge in [0.1, 0.15) is 29.1 Å². The Morgan fingerprint density at radius 3 is 2.49 bits per heavy atom. The van der Waals surface area contributed by atoms with Crippen molar-refractivity contribution in [3.05, 3.63) is 112 Å². The second kappa shape index (κ2) is 15.8. The maximum absolute atomic E-state index is 16.4. The molecular weight excluding hydrogens is 774 g/mol. The van der Waals surface area contributed by atoms with E-state index in [0.717, 1.165) is 93.5 Å². The predicted molar refractivity (Wildman–Crippen MR) is 228 cm³/mol. The second-order valence-electron chi connectivity index (χ2n) is 18.7. The van der Waals surface area contributed by atoms with E-state index in [1.54, 1.807) is 25.3 Å². The summed E-state index contributed by atoms with van der Waals surface area (Å²) in [4.78, 5) is 45.9. The fraction of sp³-hybridized carbons (Fsp3) is 0.469. The first kappa shape index (κ1) is 39.6. The third-order valence-corrected chi connectivity index (χ3v) is 15.0. The van der Waals surface area contributed by atoms with Crippen LogP contribution in [0.3, 0.4) is 0 Å². The van der Waals surface area contributed by atoms with E-state index in [1.165, 1.54) is 18.4 Å². The number of likely N-dealkylation sites (tertiary alicyclic amines) is 1. The van der Waals surface area contributed by atoms with E-state index in [0.29, 0.717) is 29.8 Å². The molecule has 1 saturated carbocycles. The van der Waals surface area contributed by atoms with Gasteiger partial charge in [-0.15, -0.1) is 0 Å². The molecule has 5 heterocycles. The minimum atomic E-state index is -0.758. The zero-order valence-electron chi connectivity index (χ0n) is 34.8. The van der Waals surface area contributed by atoms with Gasteiger partial charge in [-0.1, -0.05) is 42.5 Å². The summed E-state index contributed by atoms with van der Waals surface area (Å²) < 4.78 is 28.5. The van der Waals surface area contributed by atoms with Crippen LogP contribution in [-0.4, -0.2) is 85.2 Å². The van der Waals surface area contributed by atoms with Gasteiger partial charge in [0, 0.05) is 60.0 Å². The Hall–Kier alpha value is -5.49. The largest absolute Gasteiger partial charge is 0.508 e. The van der Waals surface area contributed by atoms with Crippen LogP contribution in [0.5, 0.6) is 17.4 Å². The molecule has 318 valence electrons. The van der Waals surface area contributed by atoms with Crippen molar-refractivity contribution >= 4 is 23.4 Å². The summed E-state index contributed by atoms with van der Waals surface area (Å²) >= 11 is 0. The highest BCUT2D eigenvalue weighted by Gasteiger charge is 2.48. The van der Waals surface area contributed by atoms with Gasteiger partial charge in [-0.05, 0) is 124 Å². The molecular formula is C49H54FN5O6. The highest BCUT2D eigenvalue weighted by atomic mass is 19.1. The van der Waals surface area contributed by atoms with Crippen molar-refractivity contribution in [2.45, 2.75) is 87.5 Å². The normalized spacial score (nSPS) is 24.4. The van der Waals surface area contributed by atoms with E-state index in [9.17, 15) is 19.5 Å². The van der Waals surface area contributed by atoms with Crippen LogP contribution in [-0.2, 0) is 21.4 Å². The highest BCUT2D eigenvalue weighted by Crippen LogP contribution is 2.53. The molecule has 4 aromatic rings. The minimum absolute atomic E-state index is 0.101. The lowest BCUT2D eigenvalue weighted by molar-refractivity contribution is -0.134. The van der Waals surface area contributed by atoms with Gasteiger partial charge in [0.25, 0.3) is 5.91 Å². The number of imide groups is 1. The lowest BCUT2D eigenvalue weighted by Gasteiger charge is -2.55. The average Bonchev–Trinajstić information content (AvgIpc) is 3.61. The molecule has 61 heavy (non-hydrogen) atoms. The zero-order chi connectivity index (χ0) is 41.9. The number of methoxy groups -OCH3 is 1. The van der Waals surface area contributed by atoms with Crippen LogP contribution >= 0.6 is 0 Å². The van der Waals surface area contributed by atoms with Crippen molar-refractivity contribution in [2.75, 3.05) is 51.3 Å². The number of fused-ring (bicyclic) bond motifs is 3. The second-order valence-corrected chi connectivity index (χ2v) is 18.7. The Morgan fingerprint density at radius 1 is 0.951 bits per heavy atom. The molecule has 2 spiro atoms. The molecule has 3 saturated heterocycles. The predicted octanol–water partition coefficient (Wildman–Crippen LogP) is 6.75. The molecule has 0 bridgehead atoms. The van der Waals surface area contributed by atoms with Gasteiger partial charge in [-0.25, -0.2) is 9.37 Å². The fourth-order valence-corrected chi connectivity index (χ4v) is 11.6. The van der Waals surface area contributed by atoms with Crippen LogP contribution in [0.25, 0.3) is 0 Å². The van der Waals surface area contributed by atoms with Crippen LogP contribution in [0, 0.1) is 17.2 Å². The summed E-state index contributed by atoms with van der Waals surface area (Å²) in [6, 6.07) is 22.7. The molecule has 2 aliphatic carbocycles. The number of aromatic nitrogens is 1. The number of amides is 3. The van der Waals surface area contributed by atoms with Crippen molar-refractivity contribution in [2.24, 2.45) is 11.3 Å². The van der Waals surface area contributed by atoms with Crippen molar-refractivity contribution in [1.29, 1.82) is 0 Å². The Balaban J connectivity index is 0.741. The average molecular weight is 828 g/mol. The molecule has 0 unspecified atom stereocenters. The van der Waals surface area contributed by atoms with E-state index in [1.807, 2.05) is 30.3 Å². The first-order chi connectivity index (χ1) is 29.6. The maximum Gasteiger partial charge on any atom is 0.270 e. The van der Waals surface area contributed by atoms with Gasteiger partial charge in [0.15, 0.2) is 0 Å². The summed E-state index contributed by atoms with van der Waals surface area (Å²) in [5.41, 5.74) is 6.28. The Kier molecular flexibility index (Phi) is 10.2. The molecule has 11 nitrogen and oxygen atoms in total. The van der Waals surface area contributed by atoms with Crippen molar-refractivity contribution in [1.82, 2.24) is 20.5 Å². The molecule has 1 aromatic heterocycles. The molecule has 3 atom stereocenters. The fourth-order valence-electron chi connectivity index (χ4n) is 11.6. The third-order valence-electron chi connectivity index (χ3n) is 15.0. The summed E-state index contributed by atoms with van der Waals surface area (Å²) in [7, 11) is 1.68. The van der Waals surface area contributed by atoms with E-state index in [4.69, 9.17) is 9.47 Å². The highest BCUT2D eigenvalue weighted by molar-refractivity contribution is 6.03. The molecule has 4 fully saturated rings. The monoisotopic (exact) mass is 827 g/mol. The molecule has 0 radical (unpaired) electrons. The van der Waals surface area contributed by atoms with Gasteiger partial charge >= 0.3 is 0 Å². The number of carbonyl (C=O) groups excluding carboxylic acids is 3. The number of nitrogens with one attached hydrogen (secondary N) is 2. The maximum atomic E-state index is 16.4. The SMILES string of the molecule is COc1cc(N2CC3(CCC(CN4CCC5(CC4)COc4nc(C(=O)N[C@H]6CCC(=O)NC6=O)ccc45)CC3)C2)c(F)cc1[C@@H]1c2ccc(O)cc2CC[C@@H]1c1ccccc1. The van der Waals surface area contributed by atoms with Gasteiger partial charge in [0.2, 0.25) is 17.7 Å². The third kappa shape index (κ3) is 7.40. The Bertz CT molecular complexity index is 2350. The van der Waals surface area contributed by atoms with Gasteiger partial charge in [0.05, 0.1) is 19.4 Å². The lowest BCUT2D eigenvalue weighted by atomic mass is 9.65. The van der Waals surface area contributed by atoms with E-state index in [-0.39, 0.29) is 58.7 Å². The van der Waals surface area contributed by atoms with Crippen LogP contribution < -0.4 is 25.0 Å². The van der Waals surface area contributed by atoms with Crippen LogP contribution in [0.2, 0.25) is 0 Å². The van der Waals surface area contributed by atoms with Crippen molar-refractivity contribution < 1.29 is 33.4 Å². The summed E-state index contributed by atoms with van der Waals surface area (Å²) in [5.74, 6) is 0.678. The molecule has 6 aliphatic rings. The molecule has 12 heteroatoms. The first-order valence-electron chi connectivity index (χ1n) is 22.1. The molecule has 4 aliphatic heterocycles. The van der Waals surface area contributed by atoms with Gasteiger partial charge in [-0.3, -0.25) is 19.7 Å². The van der Waals surface area contributed by atoms with Gasteiger partial charge in [-0.2, -0.15) is 0 Å². The standard InChI is InChI=1S/C49H54FN5O6/c1-60-42-25-41(38(50)24-36(42)44-34(31-5-3-2-4-6-31)9-7-32-23-33(56)8-10-35(32)44)55-27-48(28-55)17-15-30(16-18-48)26-54-21-19-49(20-22-54)29-61-47-37(49)11-12-40(52-47)45(58)51-39-13-14-43(57)53-46(39)59/h2-6,8,10-12,23-25,30,34,39,44,56H,7,9,13-22,26-29H2,1H3,(H,51,58)(H,53,57,59)/t34-,39+,44+/m1/s1. The number of anilines is 1. The molecule has 3 amide bonds. The molecule has 3 aromatic carbocycles. The number of nitrogens with zero attached hydrogens (tertiary/aromatic N) is 3. The van der Waals surface area contributed by atoms with E-state index < -0.39 is 17.9 Å². The number of rotatable bonds is 8. The quantitative estimate of drug-likeness (QED) is 0.165. The number of ether oxygens (including phenoxy) is 2. The Labute approximate surface area is 356 Å². The molecule has 3 N–H and O–H groups in total. The summed E-state index contributed by atoms with van der Waals surface area (Å²) in [5, 5.41) is 15.3. The number of halogens is 1. The number of phenolic OH excluding ortho intramolecular Hbond substituents is 1. The van der Waals surface area contributed by atoms with Crippen molar-refractivity contribution in [3.8, 4) is 17.4 Å². The number of hydrogen-bond donors (Lipinski definition) is 3. The van der Waals surface area contributed by atoms with Crippen LogP contribution in [0.4, 0.5) is 10.1 Å². The van der Waals surface area contributed by atoms with Gasteiger partial charge < -0.3 is 29.7 Å². The van der Waals surface area contributed by atoms with Crippen molar-refractivity contribution in [3.63, 3.8) is 0 Å². The number of benzene rings is 3. The van der Waals surface area contributed by atoms with E-state index >= 15 is 4.39 Å². The minimum Gasteiger partial charge on any atom is -0.508 e. The summed E-state index contributed by atoms with van der Waals surface area (Å²) in [6.07, 6.45) is 8.80. The van der Waals surface area contributed by atoms with E-state index in [2.05, 4.69) is 49.7 Å². The molecule has 10 rings (SSSR count). The van der Waals surface area contributed by atoms with Crippen LogP contribution in [0.1, 0.15) is 108 Å². The number of hydrogen-bond acceptors (Lipinski definition) is 9. The Morgan fingerprint density at radius 2 is 1.74 bits per heavy atom. The first-order valence-corrected chi connectivity index (χ1v) is 22.1. The topological polar surface area (TPSA) is 133 Å². The number of aryl methyl sites for hydroxylation is 1. The number of aromatic hydroxyl groups is 1. The number of carbonyl (C=O) groups is 3. The van der Waals surface area contributed by atoms with Crippen LogP contribution in [0.15, 0.2) is 72.8 Å².